The van der Waals surface area contributed by atoms with E-state index < -0.39 is 0 Å². The van der Waals surface area contributed by atoms with Gasteiger partial charge in [-0.25, -0.2) is 9.97 Å². The van der Waals surface area contributed by atoms with E-state index in [0.29, 0.717) is 12.5 Å². The monoisotopic (exact) mass is 208 g/mol. The third-order valence-electron chi connectivity index (χ3n) is 2.89. The van der Waals surface area contributed by atoms with Crippen LogP contribution in [0.5, 0.6) is 0 Å². The second-order valence-corrected chi connectivity index (χ2v) is 4.39. The standard InChI is InChI=1S/C11H20N4/c1-8(2)11(4,7-12)15-10-5-6-13-9(3)14-10/h5-6,8H,7,12H2,1-4H3,(H,13,14,15). The van der Waals surface area contributed by atoms with Crippen molar-refractivity contribution in [3.63, 3.8) is 0 Å². The summed E-state index contributed by atoms with van der Waals surface area (Å²) < 4.78 is 0. The number of nitrogens with zero attached hydrogens (tertiary/aromatic N) is 2. The molecular formula is C11H20N4. The van der Waals surface area contributed by atoms with Gasteiger partial charge in [-0.05, 0) is 25.8 Å². The van der Waals surface area contributed by atoms with E-state index in [9.17, 15) is 0 Å². The predicted octanol–water partition coefficient (Wildman–Crippen LogP) is 1.57. The lowest BCUT2D eigenvalue weighted by Crippen LogP contribution is -2.47. The number of hydrogen-bond donors (Lipinski definition) is 2. The molecule has 0 aromatic carbocycles. The molecule has 1 aromatic rings. The first-order chi connectivity index (χ1) is 6.98. The van der Waals surface area contributed by atoms with Gasteiger partial charge in [0.1, 0.15) is 11.6 Å². The lowest BCUT2D eigenvalue weighted by Gasteiger charge is -2.34. The van der Waals surface area contributed by atoms with E-state index in [1.54, 1.807) is 6.20 Å². The second-order valence-electron chi connectivity index (χ2n) is 4.39. The van der Waals surface area contributed by atoms with Gasteiger partial charge in [-0.15, -0.1) is 0 Å². The summed E-state index contributed by atoms with van der Waals surface area (Å²) in [5.41, 5.74) is 5.66. The van der Waals surface area contributed by atoms with Crippen LogP contribution in [-0.2, 0) is 0 Å². The van der Waals surface area contributed by atoms with Crippen LogP contribution in [0.1, 0.15) is 26.6 Å². The summed E-state index contributed by atoms with van der Waals surface area (Å²) in [5.74, 6) is 2.05. The smallest absolute Gasteiger partial charge is 0.130 e. The Balaban J connectivity index is 2.84. The van der Waals surface area contributed by atoms with E-state index >= 15 is 0 Å². The Bertz CT molecular complexity index is 324. The maximum atomic E-state index is 5.79. The summed E-state index contributed by atoms with van der Waals surface area (Å²) in [7, 11) is 0. The minimum Gasteiger partial charge on any atom is -0.363 e. The highest BCUT2D eigenvalue weighted by Gasteiger charge is 2.26. The van der Waals surface area contributed by atoms with E-state index in [2.05, 4.69) is 36.1 Å². The van der Waals surface area contributed by atoms with Crippen LogP contribution in [0.3, 0.4) is 0 Å². The molecule has 1 heterocycles. The highest BCUT2D eigenvalue weighted by molar-refractivity contribution is 5.36. The van der Waals surface area contributed by atoms with Crippen LogP contribution in [0.4, 0.5) is 5.82 Å². The second kappa shape index (κ2) is 4.57. The maximum Gasteiger partial charge on any atom is 0.130 e. The lowest BCUT2D eigenvalue weighted by atomic mass is 9.88. The summed E-state index contributed by atoms with van der Waals surface area (Å²) in [4.78, 5) is 8.37. The minimum absolute atomic E-state index is 0.124. The number of nitrogens with two attached hydrogens (primary N) is 1. The number of anilines is 1. The Morgan fingerprint density at radius 2 is 2.20 bits per heavy atom. The molecule has 1 atom stereocenters. The number of aromatic nitrogens is 2. The number of aryl methyl sites for hydroxylation is 1. The van der Waals surface area contributed by atoms with Crippen molar-refractivity contribution in [1.29, 1.82) is 0 Å². The number of rotatable bonds is 4. The zero-order valence-corrected chi connectivity index (χ0v) is 9.91. The number of nitrogens with one attached hydrogen (secondary N) is 1. The largest absolute Gasteiger partial charge is 0.363 e. The molecule has 1 aromatic heterocycles. The molecule has 0 bridgehead atoms. The van der Waals surface area contributed by atoms with Gasteiger partial charge in [0.2, 0.25) is 0 Å². The quantitative estimate of drug-likeness (QED) is 0.788. The molecule has 1 unspecified atom stereocenters. The fourth-order valence-corrected chi connectivity index (χ4v) is 1.25. The van der Waals surface area contributed by atoms with Gasteiger partial charge >= 0.3 is 0 Å². The SMILES string of the molecule is Cc1nccc(NC(C)(CN)C(C)C)n1. The Kier molecular flexibility index (Phi) is 3.63. The Labute approximate surface area is 91.3 Å². The minimum atomic E-state index is -0.124. The fourth-order valence-electron chi connectivity index (χ4n) is 1.25. The van der Waals surface area contributed by atoms with Crippen LogP contribution in [0.25, 0.3) is 0 Å². The van der Waals surface area contributed by atoms with Gasteiger partial charge < -0.3 is 11.1 Å². The average molecular weight is 208 g/mol. The molecule has 0 spiro atoms. The summed E-state index contributed by atoms with van der Waals surface area (Å²) in [5, 5.41) is 3.37. The molecule has 0 aliphatic heterocycles. The molecule has 0 fully saturated rings. The van der Waals surface area contributed by atoms with Crippen LogP contribution in [0.2, 0.25) is 0 Å². The van der Waals surface area contributed by atoms with E-state index in [1.807, 2.05) is 13.0 Å². The van der Waals surface area contributed by atoms with E-state index in [0.717, 1.165) is 11.6 Å². The van der Waals surface area contributed by atoms with Gasteiger partial charge in [-0.2, -0.15) is 0 Å². The van der Waals surface area contributed by atoms with Crippen molar-refractivity contribution in [2.24, 2.45) is 11.7 Å². The van der Waals surface area contributed by atoms with Gasteiger partial charge in [0, 0.05) is 12.7 Å². The normalized spacial score (nSPS) is 15.1. The Morgan fingerprint density at radius 1 is 1.53 bits per heavy atom. The van der Waals surface area contributed by atoms with E-state index in [-0.39, 0.29) is 5.54 Å². The fraction of sp³-hybridized carbons (Fsp3) is 0.636. The molecule has 84 valence electrons. The molecule has 4 nitrogen and oxygen atoms in total. The van der Waals surface area contributed by atoms with Crippen molar-refractivity contribution in [2.75, 3.05) is 11.9 Å². The molecule has 0 radical (unpaired) electrons. The molecule has 3 N–H and O–H groups in total. The van der Waals surface area contributed by atoms with Gasteiger partial charge in [-0.3, -0.25) is 0 Å². The molecule has 0 saturated heterocycles. The molecule has 0 aliphatic rings. The zero-order valence-electron chi connectivity index (χ0n) is 9.91. The summed E-state index contributed by atoms with van der Waals surface area (Å²) >= 11 is 0. The van der Waals surface area contributed by atoms with Crippen molar-refractivity contribution in [3.05, 3.63) is 18.1 Å². The molecule has 15 heavy (non-hydrogen) atoms. The molecule has 0 saturated carbocycles. The van der Waals surface area contributed by atoms with Crippen molar-refractivity contribution in [3.8, 4) is 0 Å². The lowest BCUT2D eigenvalue weighted by molar-refractivity contribution is 0.381. The van der Waals surface area contributed by atoms with Crippen LogP contribution in [-0.4, -0.2) is 22.1 Å². The third-order valence-corrected chi connectivity index (χ3v) is 2.89. The first-order valence-corrected chi connectivity index (χ1v) is 5.26. The maximum absolute atomic E-state index is 5.79. The van der Waals surface area contributed by atoms with Crippen LogP contribution in [0.15, 0.2) is 12.3 Å². The highest BCUT2D eigenvalue weighted by atomic mass is 15.1. The molecule has 0 amide bonds. The first-order valence-electron chi connectivity index (χ1n) is 5.26. The van der Waals surface area contributed by atoms with Crippen molar-refractivity contribution in [1.82, 2.24) is 9.97 Å². The topological polar surface area (TPSA) is 63.8 Å². The number of hydrogen-bond acceptors (Lipinski definition) is 4. The predicted molar refractivity (Wildman–Crippen MR) is 62.7 cm³/mol. The zero-order chi connectivity index (χ0) is 11.5. The van der Waals surface area contributed by atoms with Gasteiger partial charge in [0.25, 0.3) is 0 Å². The first kappa shape index (κ1) is 11.9. The summed E-state index contributed by atoms with van der Waals surface area (Å²) in [6.07, 6.45) is 1.75. The summed E-state index contributed by atoms with van der Waals surface area (Å²) in [6, 6.07) is 1.86. The van der Waals surface area contributed by atoms with Gasteiger partial charge in [0.15, 0.2) is 0 Å². The van der Waals surface area contributed by atoms with Gasteiger partial charge in [0.05, 0.1) is 5.54 Å². The van der Waals surface area contributed by atoms with E-state index in [4.69, 9.17) is 5.73 Å². The summed E-state index contributed by atoms with van der Waals surface area (Å²) in [6.45, 7) is 8.85. The molecule has 0 aliphatic carbocycles. The van der Waals surface area contributed by atoms with Crippen molar-refractivity contribution >= 4 is 5.82 Å². The third kappa shape index (κ3) is 2.89. The Hall–Kier alpha value is -1.16. The van der Waals surface area contributed by atoms with Crippen LogP contribution >= 0.6 is 0 Å². The molecular weight excluding hydrogens is 188 g/mol. The molecule has 4 heteroatoms. The molecule has 1 rings (SSSR count). The van der Waals surface area contributed by atoms with E-state index in [1.165, 1.54) is 0 Å². The van der Waals surface area contributed by atoms with Crippen molar-refractivity contribution in [2.45, 2.75) is 33.2 Å². The van der Waals surface area contributed by atoms with Crippen LogP contribution in [0, 0.1) is 12.8 Å². The van der Waals surface area contributed by atoms with Gasteiger partial charge in [-0.1, -0.05) is 13.8 Å². The highest BCUT2D eigenvalue weighted by Crippen LogP contribution is 2.20. The Morgan fingerprint density at radius 3 is 2.67 bits per heavy atom. The average Bonchev–Trinajstić information content (AvgIpc) is 2.17. The van der Waals surface area contributed by atoms with Crippen LogP contribution < -0.4 is 11.1 Å². The van der Waals surface area contributed by atoms with Crippen molar-refractivity contribution < 1.29 is 0 Å².